The summed E-state index contributed by atoms with van der Waals surface area (Å²) in [5.41, 5.74) is 0. The molecule has 1 aromatic rings. The number of carbonyl (C=O) groups is 1. The van der Waals surface area contributed by atoms with Crippen molar-refractivity contribution >= 4 is 15.9 Å². The predicted octanol–water partition coefficient (Wildman–Crippen LogP) is -1.03. The summed E-state index contributed by atoms with van der Waals surface area (Å²) in [6.45, 7) is 4.57. The van der Waals surface area contributed by atoms with Crippen LogP contribution in [0, 0.1) is 0 Å². The minimum atomic E-state index is -3.16. The maximum absolute atomic E-state index is 12.1. The zero-order valence-electron chi connectivity index (χ0n) is 13.0. The lowest BCUT2D eigenvalue weighted by Gasteiger charge is -2.33. The van der Waals surface area contributed by atoms with E-state index in [1.807, 2.05) is 23.9 Å². The van der Waals surface area contributed by atoms with Gasteiger partial charge in [-0.05, 0) is 13.0 Å². The van der Waals surface area contributed by atoms with E-state index in [0.29, 0.717) is 32.7 Å². The highest BCUT2D eigenvalue weighted by atomic mass is 32.2. The van der Waals surface area contributed by atoms with Crippen molar-refractivity contribution in [1.82, 2.24) is 24.3 Å². The highest BCUT2D eigenvalue weighted by molar-refractivity contribution is 7.88. The third kappa shape index (κ3) is 4.79. The third-order valence-corrected chi connectivity index (χ3v) is 4.99. The fourth-order valence-corrected chi connectivity index (χ4v) is 3.22. The standard InChI is InChI=1S/C13H23N5O3S/c1-12(11-17-5-3-4-15-17)14-10-13(19)16-6-8-18(9-7-16)22(2,20)21/h3-5,12,14H,6-11H2,1-2H3. The van der Waals surface area contributed by atoms with Crippen LogP contribution < -0.4 is 5.32 Å². The van der Waals surface area contributed by atoms with E-state index in [9.17, 15) is 13.2 Å². The van der Waals surface area contributed by atoms with E-state index in [4.69, 9.17) is 0 Å². The SMILES string of the molecule is CC(Cn1cccn1)NCC(=O)N1CCN(S(C)(=O)=O)CC1. The first-order valence-corrected chi connectivity index (χ1v) is 9.15. The summed E-state index contributed by atoms with van der Waals surface area (Å²) < 4.78 is 26.1. The molecule has 0 saturated carbocycles. The van der Waals surface area contributed by atoms with Gasteiger partial charge in [-0.15, -0.1) is 0 Å². The number of nitrogens with one attached hydrogen (secondary N) is 1. The van der Waals surface area contributed by atoms with Crippen molar-refractivity contribution in [2.24, 2.45) is 0 Å². The van der Waals surface area contributed by atoms with Gasteiger partial charge < -0.3 is 10.2 Å². The Morgan fingerprint density at radius 2 is 2.00 bits per heavy atom. The maximum Gasteiger partial charge on any atom is 0.236 e. The van der Waals surface area contributed by atoms with Gasteiger partial charge in [0, 0.05) is 44.6 Å². The first-order valence-electron chi connectivity index (χ1n) is 7.30. The molecule has 0 bridgehead atoms. The number of rotatable bonds is 6. The molecular weight excluding hydrogens is 306 g/mol. The van der Waals surface area contributed by atoms with Crippen molar-refractivity contribution in [3.63, 3.8) is 0 Å². The number of carbonyl (C=O) groups excluding carboxylic acids is 1. The minimum absolute atomic E-state index is 0.000432. The van der Waals surface area contributed by atoms with Gasteiger partial charge in [-0.2, -0.15) is 9.40 Å². The van der Waals surface area contributed by atoms with Gasteiger partial charge in [-0.25, -0.2) is 8.42 Å². The molecule has 1 aliphatic heterocycles. The normalized spacial score (nSPS) is 18.4. The van der Waals surface area contributed by atoms with Crippen molar-refractivity contribution in [2.45, 2.75) is 19.5 Å². The van der Waals surface area contributed by atoms with Gasteiger partial charge in [0.1, 0.15) is 0 Å². The van der Waals surface area contributed by atoms with Crippen LogP contribution in [-0.2, 0) is 21.4 Å². The number of hydrogen-bond donors (Lipinski definition) is 1. The average molecular weight is 329 g/mol. The molecule has 1 saturated heterocycles. The summed E-state index contributed by atoms with van der Waals surface area (Å²) in [5, 5.41) is 7.30. The van der Waals surface area contributed by atoms with Gasteiger partial charge in [-0.3, -0.25) is 9.48 Å². The van der Waals surface area contributed by atoms with Gasteiger partial charge in [0.15, 0.2) is 0 Å². The zero-order chi connectivity index (χ0) is 16.2. The van der Waals surface area contributed by atoms with E-state index in [0.717, 1.165) is 0 Å². The summed E-state index contributed by atoms with van der Waals surface area (Å²) in [7, 11) is -3.16. The molecule has 1 fully saturated rings. The molecule has 1 unspecified atom stereocenters. The molecule has 22 heavy (non-hydrogen) atoms. The Bertz CT molecular complexity index is 579. The Hall–Kier alpha value is -1.45. The van der Waals surface area contributed by atoms with Crippen LogP contribution >= 0.6 is 0 Å². The first-order chi connectivity index (χ1) is 10.4. The molecule has 1 N–H and O–H groups in total. The van der Waals surface area contributed by atoms with Crippen molar-refractivity contribution in [2.75, 3.05) is 39.0 Å². The monoisotopic (exact) mass is 329 g/mol. The van der Waals surface area contributed by atoms with Crippen LogP contribution in [-0.4, -0.2) is 78.3 Å². The molecule has 0 spiro atoms. The molecule has 0 aromatic carbocycles. The summed E-state index contributed by atoms with van der Waals surface area (Å²) in [6, 6.07) is 1.99. The van der Waals surface area contributed by atoms with Gasteiger partial charge >= 0.3 is 0 Å². The Morgan fingerprint density at radius 3 is 2.55 bits per heavy atom. The Kier molecular flexibility index (Phi) is 5.54. The molecule has 0 aliphatic carbocycles. The number of amides is 1. The average Bonchev–Trinajstić information content (AvgIpc) is 2.97. The van der Waals surface area contributed by atoms with E-state index in [-0.39, 0.29) is 18.5 Å². The zero-order valence-corrected chi connectivity index (χ0v) is 13.8. The summed E-state index contributed by atoms with van der Waals surface area (Å²) in [6.07, 6.45) is 4.80. The second-order valence-electron chi connectivity index (χ2n) is 5.55. The summed E-state index contributed by atoms with van der Waals surface area (Å²) >= 11 is 0. The van der Waals surface area contributed by atoms with Crippen LogP contribution in [0.2, 0.25) is 0 Å². The van der Waals surface area contributed by atoms with Crippen LogP contribution in [0.3, 0.4) is 0 Å². The fourth-order valence-electron chi connectivity index (χ4n) is 2.40. The maximum atomic E-state index is 12.1. The lowest BCUT2D eigenvalue weighted by atomic mass is 10.3. The van der Waals surface area contributed by atoms with E-state index >= 15 is 0 Å². The molecule has 1 aromatic heterocycles. The fraction of sp³-hybridized carbons (Fsp3) is 0.692. The number of piperazine rings is 1. The van der Waals surface area contributed by atoms with Crippen molar-refractivity contribution in [1.29, 1.82) is 0 Å². The van der Waals surface area contributed by atoms with Crippen LogP contribution in [0.25, 0.3) is 0 Å². The van der Waals surface area contributed by atoms with E-state index < -0.39 is 10.0 Å². The second kappa shape index (κ2) is 7.21. The van der Waals surface area contributed by atoms with Crippen molar-refractivity contribution in [3.05, 3.63) is 18.5 Å². The van der Waals surface area contributed by atoms with Crippen LogP contribution in [0.4, 0.5) is 0 Å². The molecule has 1 aliphatic rings. The Labute approximate surface area is 131 Å². The van der Waals surface area contributed by atoms with Crippen molar-refractivity contribution in [3.8, 4) is 0 Å². The quantitative estimate of drug-likeness (QED) is 0.721. The highest BCUT2D eigenvalue weighted by Gasteiger charge is 2.25. The molecule has 2 rings (SSSR count). The van der Waals surface area contributed by atoms with E-state index in [1.54, 1.807) is 11.1 Å². The van der Waals surface area contributed by atoms with Crippen molar-refractivity contribution < 1.29 is 13.2 Å². The summed E-state index contributed by atoms with van der Waals surface area (Å²) in [5.74, 6) is 0.000432. The largest absolute Gasteiger partial charge is 0.339 e. The smallest absolute Gasteiger partial charge is 0.236 e. The van der Waals surface area contributed by atoms with E-state index in [2.05, 4.69) is 10.4 Å². The van der Waals surface area contributed by atoms with Gasteiger partial charge in [-0.1, -0.05) is 0 Å². The Morgan fingerprint density at radius 1 is 1.32 bits per heavy atom. The van der Waals surface area contributed by atoms with E-state index in [1.165, 1.54) is 10.6 Å². The number of nitrogens with zero attached hydrogens (tertiary/aromatic N) is 4. The lowest BCUT2D eigenvalue weighted by Crippen LogP contribution is -2.52. The first kappa shape index (κ1) is 16.9. The second-order valence-corrected chi connectivity index (χ2v) is 7.54. The molecular formula is C13H23N5O3S. The lowest BCUT2D eigenvalue weighted by molar-refractivity contribution is -0.131. The number of sulfonamides is 1. The van der Waals surface area contributed by atoms with Gasteiger partial charge in [0.25, 0.3) is 0 Å². The summed E-state index contributed by atoms with van der Waals surface area (Å²) in [4.78, 5) is 13.8. The highest BCUT2D eigenvalue weighted by Crippen LogP contribution is 2.06. The number of hydrogen-bond acceptors (Lipinski definition) is 5. The predicted molar refractivity (Wildman–Crippen MR) is 82.7 cm³/mol. The van der Waals surface area contributed by atoms with Gasteiger partial charge in [0.2, 0.25) is 15.9 Å². The van der Waals surface area contributed by atoms with Crippen LogP contribution in [0.1, 0.15) is 6.92 Å². The van der Waals surface area contributed by atoms with Gasteiger partial charge in [0.05, 0.1) is 19.3 Å². The molecule has 1 atom stereocenters. The topological polar surface area (TPSA) is 87.5 Å². The molecule has 2 heterocycles. The molecule has 1 amide bonds. The minimum Gasteiger partial charge on any atom is -0.339 e. The molecule has 9 heteroatoms. The Balaban J connectivity index is 1.72. The van der Waals surface area contributed by atoms with Crippen LogP contribution in [0.15, 0.2) is 18.5 Å². The third-order valence-electron chi connectivity index (χ3n) is 3.68. The number of aromatic nitrogens is 2. The molecule has 8 nitrogen and oxygen atoms in total. The molecule has 124 valence electrons. The molecule has 0 radical (unpaired) electrons. The van der Waals surface area contributed by atoms with Crippen LogP contribution in [0.5, 0.6) is 0 Å².